The van der Waals surface area contributed by atoms with Crippen LogP contribution < -0.4 is 5.73 Å². The molecule has 16 heavy (non-hydrogen) atoms. The maximum atomic E-state index is 11.7. The van der Waals surface area contributed by atoms with Crippen molar-refractivity contribution >= 4 is 11.8 Å². The highest BCUT2D eigenvalue weighted by molar-refractivity contribution is 5.69. The zero-order chi connectivity index (χ0) is 11.7. The second-order valence-electron chi connectivity index (χ2n) is 4.32. The van der Waals surface area contributed by atoms with Crippen molar-refractivity contribution in [2.45, 2.75) is 33.0 Å². The highest BCUT2D eigenvalue weighted by Crippen LogP contribution is 2.25. The number of anilines is 1. The molecule has 1 heterocycles. The molecule has 1 aromatic carbocycles. The van der Waals surface area contributed by atoms with Gasteiger partial charge in [0.25, 0.3) is 0 Å². The first-order valence-corrected chi connectivity index (χ1v) is 5.39. The first-order valence-electron chi connectivity index (χ1n) is 5.39. The van der Waals surface area contributed by atoms with Gasteiger partial charge in [-0.3, -0.25) is 4.90 Å². The fourth-order valence-corrected chi connectivity index (χ4v) is 1.82. The van der Waals surface area contributed by atoms with E-state index < -0.39 is 0 Å². The monoisotopic (exact) mass is 220 g/mol. The van der Waals surface area contributed by atoms with E-state index in [1.54, 1.807) is 4.90 Å². The van der Waals surface area contributed by atoms with Crippen LogP contribution in [0.5, 0.6) is 0 Å². The molecular weight excluding hydrogens is 204 g/mol. The third-order valence-corrected chi connectivity index (χ3v) is 2.55. The molecule has 2 rings (SSSR count). The van der Waals surface area contributed by atoms with Crippen molar-refractivity contribution in [1.82, 2.24) is 4.90 Å². The minimum Gasteiger partial charge on any atom is -0.447 e. The number of nitrogens with two attached hydrogens (primary N) is 1. The largest absolute Gasteiger partial charge is 0.447 e. The Bertz CT molecular complexity index is 415. The lowest BCUT2D eigenvalue weighted by Gasteiger charge is -2.17. The van der Waals surface area contributed by atoms with Gasteiger partial charge >= 0.3 is 6.09 Å². The Labute approximate surface area is 95.0 Å². The maximum Gasteiger partial charge on any atom is 0.410 e. The molecule has 4 heteroatoms. The second-order valence-corrected chi connectivity index (χ2v) is 4.32. The first kappa shape index (κ1) is 10.8. The van der Waals surface area contributed by atoms with E-state index in [2.05, 4.69) is 0 Å². The van der Waals surface area contributed by atoms with Gasteiger partial charge in [0.15, 0.2) is 0 Å². The van der Waals surface area contributed by atoms with Crippen molar-refractivity contribution in [3.8, 4) is 0 Å². The van der Waals surface area contributed by atoms with Crippen molar-refractivity contribution in [3.05, 3.63) is 29.3 Å². The predicted molar refractivity (Wildman–Crippen MR) is 61.7 cm³/mol. The highest BCUT2D eigenvalue weighted by atomic mass is 16.6. The molecule has 0 atom stereocenters. The van der Waals surface area contributed by atoms with E-state index in [0.29, 0.717) is 13.1 Å². The molecule has 0 fully saturated rings. The number of carbonyl (C=O) groups is 1. The number of nitrogens with zero attached hydrogens (tertiary/aromatic N) is 1. The lowest BCUT2D eigenvalue weighted by atomic mass is 10.1. The fraction of sp³-hybridized carbons (Fsp3) is 0.417. The Morgan fingerprint density at radius 3 is 2.75 bits per heavy atom. The normalized spacial score (nSPS) is 14.1. The minimum absolute atomic E-state index is 0.0821. The molecule has 86 valence electrons. The van der Waals surface area contributed by atoms with Gasteiger partial charge in [0, 0.05) is 18.8 Å². The van der Waals surface area contributed by atoms with Gasteiger partial charge in [-0.25, -0.2) is 4.79 Å². The lowest BCUT2D eigenvalue weighted by molar-refractivity contribution is 0.0760. The van der Waals surface area contributed by atoms with Crippen molar-refractivity contribution in [2.24, 2.45) is 0 Å². The van der Waals surface area contributed by atoms with E-state index in [0.717, 1.165) is 16.8 Å². The quantitative estimate of drug-likeness (QED) is 0.737. The van der Waals surface area contributed by atoms with E-state index in [9.17, 15) is 4.79 Å². The predicted octanol–water partition coefficient (Wildman–Crippen LogP) is 2.13. The molecule has 0 saturated heterocycles. The Morgan fingerprint density at radius 1 is 1.38 bits per heavy atom. The minimum atomic E-state index is -0.259. The van der Waals surface area contributed by atoms with E-state index in [4.69, 9.17) is 10.5 Å². The number of benzene rings is 1. The zero-order valence-electron chi connectivity index (χ0n) is 9.56. The molecule has 0 saturated carbocycles. The molecule has 1 aliphatic heterocycles. The molecule has 0 aliphatic carbocycles. The number of ether oxygens (including phenoxy) is 1. The standard InChI is InChI=1S/C12H16N2O2/c1-8(2)16-12(15)14-6-9-3-4-11(13)5-10(9)7-14/h3-5,8H,6-7,13H2,1-2H3. The Balaban J connectivity index is 2.08. The van der Waals surface area contributed by atoms with Crippen LogP contribution in [0.4, 0.5) is 10.5 Å². The van der Waals surface area contributed by atoms with Gasteiger partial charge in [-0.05, 0) is 37.1 Å². The van der Waals surface area contributed by atoms with Crippen LogP contribution in [0.15, 0.2) is 18.2 Å². The summed E-state index contributed by atoms with van der Waals surface area (Å²) in [6.45, 7) is 4.89. The Morgan fingerprint density at radius 2 is 2.06 bits per heavy atom. The van der Waals surface area contributed by atoms with Crippen LogP contribution in [0.3, 0.4) is 0 Å². The Kier molecular flexibility index (Phi) is 2.73. The van der Waals surface area contributed by atoms with E-state index in [-0.39, 0.29) is 12.2 Å². The molecule has 1 amide bonds. The van der Waals surface area contributed by atoms with Gasteiger partial charge in [0.2, 0.25) is 0 Å². The highest BCUT2D eigenvalue weighted by Gasteiger charge is 2.24. The van der Waals surface area contributed by atoms with Crippen molar-refractivity contribution < 1.29 is 9.53 Å². The molecule has 0 aromatic heterocycles. The number of fused-ring (bicyclic) bond motifs is 1. The molecule has 0 unspecified atom stereocenters. The van der Waals surface area contributed by atoms with E-state index in [1.807, 2.05) is 32.0 Å². The van der Waals surface area contributed by atoms with E-state index >= 15 is 0 Å². The van der Waals surface area contributed by atoms with Crippen LogP contribution in [0.1, 0.15) is 25.0 Å². The van der Waals surface area contributed by atoms with Gasteiger partial charge in [0.05, 0.1) is 6.10 Å². The summed E-state index contributed by atoms with van der Waals surface area (Å²) in [5, 5.41) is 0. The van der Waals surface area contributed by atoms with Gasteiger partial charge < -0.3 is 10.5 Å². The smallest absolute Gasteiger partial charge is 0.410 e. The average molecular weight is 220 g/mol. The molecular formula is C12H16N2O2. The van der Waals surface area contributed by atoms with Crippen LogP contribution in [0.2, 0.25) is 0 Å². The van der Waals surface area contributed by atoms with Crippen molar-refractivity contribution in [2.75, 3.05) is 5.73 Å². The van der Waals surface area contributed by atoms with Gasteiger partial charge in [0.1, 0.15) is 0 Å². The fourth-order valence-electron chi connectivity index (χ4n) is 1.82. The molecule has 0 radical (unpaired) electrons. The van der Waals surface area contributed by atoms with Crippen molar-refractivity contribution in [3.63, 3.8) is 0 Å². The van der Waals surface area contributed by atoms with Gasteiger partial charge in [-0.1, -0.05) is 6.07 Å². The molecule has 4 nitrogen and oxygen atoms in total. The molecule has 1 aliphatic rings. The summed E-state index contributed by atoms with van der Waals surface area (Å²) in [5.74, 6) is 0. The number of carbonyl (C=O) groups excluding carboxylic acids is 1. The number of hydrogen-bond acceptors (Lipinski definition) is 3. The topological polar surface area (TPSA) is 55.6 Å². The third kappa shape index (κ3) is 2.10. The number of amides is 1. The summed E-state index contributed by atoms with van der Waals surface area (Å²) in [6.07, 6.45) is -0.342. The first-order chi connectivity index (χ1) is 7.56. The van der Waals surface area contributed by atoms with Gasteiger partial charge in [-0.15, -0.1) is 0 Å². The average Bonchev–Trinajstić information content (AvgIpc) is 2.59. The van der Waals surface area contributed by atoms with E-state index in [1.165, 1.54) is 0 Å². The summed E-state index contributed by atoms with van der Waals surface area (Å²) >= 11 is 0. The molecule has 0 spiro atoms. The summed E-state index contributed by atoms with van der Waals surface area (Å²) in [7, 11) is 0. The zero-order valence-corrected chi connectivity index (χ0v) is 9.56. The summed E-state index contributed by atoms with van der Waals surface area (Å²) in [4.78, 5) is 13.4. The van der Waals surface area contributed by atoms with Crippen LogP contribution in [-0.2, 0) is 17.8 Å². The van der Waals surface area contributed by atoms with Crippen LogP contribution in [0, 0.1) is 0 Å². The number of rotatable bonds is 1. The molecule has 0 bridgehead atoms. The maximum absolute atomic E-state index is 11.7. The molecule has 2 N–H and O–H groups in total. The summed E-state index contributed by atoms with van der Waals surface area (Å²) in [5.41, 5.74) is 8.69. The van der Waals surface area contributed by atoms with Crippen LogP contribution in [-0.4, -0.2) is 17.1 Å². The molecule has 1 aromatic rings. The Hall–Kier alpha value is -1.71. The summed E-state index contributed by atoms with van der Waals surface area (Å²) < 4.78 is 5.15. The SMILES string of the molecule is CC(C)OC(=O)N1Cc2ccc(N)cc2C1. The number of nitrogen functional groups attached to an aromatic ring is 1. The second kappa shape index (κ2) is 4.04. The summed E-state index contributed by atoms with van der Waals surface area (Å²) in [6, 6.07) is 5.74. The lowest BCUT2D eigenvalue weighted by Crippen LogP contribution is -2.28. The van der Waals surface area contributed by atoms with Crippen molar-refractivity contribution in [1.29, 1.82) is 0 Å². The number of hydrogen-bond donors (Lipinski definition) is 1. The van der Waals surface area contributed by atoms with Gasteiger partial charge in [-0.2, -0.15) is 0 Å². The van der Waals surface area contributed by atoms with Crippen LogP contribution in [0.25, 0.3) is 0 Å². The third-order valence-electron chi connectivity index (χ3n) is 2.55. The van der Waals surface area contributed by atoms with Crippen LogP contribution >= 0.6 is 0 Å².